The summed E-state index contributed by atoms with van der Waals surface area (Å²) in [5, 5.41) is 16.1. The molecule has 2 heterocycles. The van der Waals surface area contributed by atoms with Crippen LogP contribution in [0.1, 0.15) is 11.1 Å². The van der Waals surface area contributed by atoms with Crippen LogP contribution in [0.25, 0.3) is 82.3 Å². The van der Waals surface area contributed by atoms with E-state index in [-0.39, 0.29) is 5.84 Å². The molecule has 5 nitrogen and oxygen atoms in total. The van der Waals surface area contributed by atoms with Crippen LogP contribution in [0.4, 0.5) is 0 Å². The van der Waals surface area contributed by atoms with Crippen molar-refractivity contribution in [2.75, 3.05) is 5.43 Å². The summed E-state index contributed by atoms with van der Waals surface area (Å²) in [5.41, 5.74) is 15.5. The van der Waals surface area contributed by atoms with Crippen LogP contribution in [0, 0.1) is 5.41 Å². The Morgan fingerprint density at radius 3 is 1.66 bits per heavy atom. The zero-order valence-corrected chi connectivity index (χ0v) is 32.0. The number of para-hydroxylation sites is 2. The summed E-state index contributed by atoms with van der Waals surface area (Å²) in [4.78, 5) is 4.91. The Kier molecular flexibility index (Phi) is 8.23. The van der Waals surface area contributed by atoms with Gasteiger partial charge in [0.15, 0.2) is 11.7 Å². The normalized spacial score (nSPS) is 11.9. The minimum atomic E-state index is 0.185. The van der Waals surface area contributed by atoms with Gasteiger partial charge in [-0.05, 0) is 69.4 Å². The van der Waals surface area contributed by atoms with Crippen LogP contribution in [0.15, 0.2) is 217 Å². The second-order valence-electron chi connectivity index (χ2n) is 14.9. The van der Waals surface area contributed by atoms with Gasteiger partial charge in [0, 0.05) is 38.4 Å². The highest BCUT2D eigenvalue weighted by molar-refractivity contribution is 6.22. The topological polar surface area (TPSA) is 58.1 Å². The number of hydrogen-bond acceptors (Lipinski definition) is 1. The minimum Gasteiger partial charge on any atom is -0.309 e. The molecule has 0 amide bonds. The highest BCUT2D eigenvalue weighted by atomic mass is 15.4. The number of aromatic nitrogens is 2. The van der Waals surface area contributed by atoms with Gasteiger partial charge >= 0.3 is 0 Å². The quantitative estimate of drug-likeness (QED) is 0.129. The van der Waals surface area contributed by atoms with Crippen molar-refractivity contribution in [3.63, 3.8) is 0 Å². The van der Waals surface area contributed by atoms with Crippen molar-refractivity contribution < 1.29 is 0 Å². The van der Waals surface area contributed by atoms with E-state index in [0.717, 1.165) is 49.9 Å². The number of amidine groups is 2. The van der Waals surface area contributed by atoms with Crippen LogP contribution in [-0.2, 0) is 0 Å². The minimum absolute atomic E-state index is 0.185. The van der Waals surface area contributed by atoms with Gasteiger partial charge in [0.05, 0.1) is 22.1 Å². The van der Waals surface area contributed by atoms with Gasteiger partial charge in [0.2, 0.25) is 0 Å². The maximum Gasteiger partial charge on any atom is 0.154 e. The molecular weight excluding hydrogens is 719 g/mol. The monoisotopic (exact) mass is 755 g/mol. The van der Waals surface area contributed by atoms with Crippen molar-refractivity contribution in [3.8, 4) is 27.9 Å². The zero-order valence-electron chi connectivity index (χ0n) is 32.0. The zero-order chi connectivity index (χ0) is 39.3. The fourth-order valence-electron chi connectivity index (χ4n) is 8.58. The van der Waals surface area contributed by atoms with Crippen LogP contribution < -0.4 is 5.43 Å². The molecular formula is C54H37N5. The van der Waals surface area contributed by atoms with Gasteiger partial charge in [0.1, 0.15) is 0 Å². The van der Waals surface area contributed by atoms with Gasteiger partial charge in [-0.3, -0.25) is 15.5 Å². The molecule has 0 aliphatic heterocycles. The smallest absolute Gasteiger partial charge is 0.154 e. The average molecular weight is 756 g/mol. The number of benzene rings is 9. The van der Waals surface area contributed by atoms with E-state index >= 15 is 0 Å². The molecule has 278 valence electrons. The molecule has 0 fully saturated rings. The molecule has 0 atom stereocenters. The van der Waals surface area contributed by atoms with Gasteiger partial charge in [-0.15, -0.1) is 0 Å². The molecule has 5 heteroatoms. The summed E-state index contributed by atoms with van der Waals surface area (Å²) in [7, 11) is 0. The van der Waals surface area contributed by atoms with Crippen LogP contribution in [0.2, 0.25) is 0 Å². The molecule has 0 radical (unpaired) electrons. The first-order valence-corrected chi connectivity index (χ1v) is 19.9. The van der Waals surface area contributed by atoms with Crippen molar-refractivity contribution in [2.24, 2.45) is 4.99 Å². The second-order valence-corrected chi connectivity index (χ2v) is 14.9. The highest BCUT2D eigenvalue weighted by Crippen LogP contribution is 2.38. The SMILES string of the molecule is N=C(N=C(Nn1c2cc(-c3ccc(-c4ccc5c6ccccc6n(-c6ccccc6)c5c4)cc3)ccc2c2c3ccccc3ccc21)c1ccccc1)c1ccccc1. The third kappa shape index (κ3) is 5.96. The number of nitrogens with one attached hydrogen (secondary N) is 2. The van der Waals surface area contributed by atoms with Crippen molar-refractivity contribution >= 4 is 66.1 Å². The van der Waals surface area contributed by atoms with Crippen LogP contribution in [0.5, 0.6) is 0 Å². The lowest BCUT2D eigenvalue weighted by atomic mass is 9.98. The highest BCUT2D eigenvalue weighted by Gasteiger charge is 2.18. The van der Waals surface area contributed by atoms with Gasteiger partial charge < -0.3 is 4.57 Å². The summed E-state index contributed by atoms with van der Waals surface area (Å²) in [6.07, 6.45) is 0. The summed E-state index contributed by atoms with van der Waals surface area (Å²) >= 11 is 0. The number of nitrogens with zero attached hydrogens (tertiary/aromatic N) is 3. The standard InChI is InChI=1S/C54H37N5/c55-53(39-15-4-1-5-16-39)56-54(40-17-6-2-7-18-40)57-59-49-33-30-38-14-10-11-21-44(38)52(49)47-32-29-42(35-51(47)59)37-26-24-36(25-27-37)41-28-31-46-45-22-12-13-23-48(45)58(50(46)34-41)43-19-8-3-9-20-43/h1-35H,(H2,55,56,57). The summed E-state index contributed by atoms with van der Waals surface area (Å²) in [6.45, 7) is 0. The molecule has 11 aromatic rings. The van der Waals surface area contributed by atoms with E-state index < -0.39 is 0 Å². The Labute approximate surface area is 341 Å². The number of fused-ring (bicyclic) bond motifs is 8. The van der Waals surface area contributed by atoms with E-state index in [0.29, 0.717) is 5.84 Å². The van der Waals surface area contributed by atoms with E-state index in [9.17, 15) is 0 Å². The molecule has 0 aliphatic rings. The first-order valence-electron chi connectivity index (χ1n) is 19.9. The third-order valence-corrected chi connectivity index (χ3v) is 11.4. The lowest BCUT2D eigenvalue weighted by Gasteiger charge is -2.15. The maximum atomic E-state index is 8.97. The van der Waals surface area contributed by atoms with E-state index in [1.165, 1.54) is 43.5 Å². The molecule has 2 N–H and O–H groups in total. The van der Waals surface area contributed by atoms with Crippen LogP contribution >= 0.6 is 0 Å². The van der Waals surface area contributed by atoms with Gasteiger partial charge in [0.25, 0.3) is 0 Å². The van der Waals surface area contributed by atoms with Crippen molar-refractivity contribution in [1.29, 1.82) is 5.41 Å². The van der Waals surface area contributed by atoms with Crippen molar-refractivity contribution in [1.82, 2.24) is 9.24 Å². The fourth-order valence-corrected chi connectivity index (χ4v) is 8.58. The molecule has 59 heavy (non-hydrogen) atoms. The largest absolute Gasteiger partial charge is 0.309 e. The van der Waals surface area contributed by atoms with Crippen molar-refractivity contribution in [2.45, 2.75) is 0 Å². The van der Waals surface area contributed by atoms with Gasteiger partial charge in [-0.2, -0.15) is 0 Å². The lowest BCUT2D eigenvalue weighted by Crippen LogP contribution is -2.25. The molecule has 0 unspecified atom stereocenters. The lowest BCUT2D eigenvalue weighted by molar-refractivity contribution is 1.08. The first kappa shape index (κ1) is 34.2. The first-order chi connectivity index (χ1) is 29.2. The second kappa shape index (κ2) is 14.2. The number of rotatable bonds is 6. The van der Waals surface area contributed by atoms with Gasteiger partial charge in [-0.1, -0.05) is 176 Å². The Morgan fingerprint density at radius 2 is 0.949 bits per heavy atom. The van der Waals surface area contributed by atoms with E-state index in [4.69, 9.17) is 10.4 Å². The Bertz CT molecular complexity index is 3400. The third-order valence-electron chi connectivity index (χ3n) is 11.4. The van der Waals surface area contributed by atoms with E-state index in [2.05, 4.69) is 166 Å². The maximum absolute atomic E-state index is 8.97. The molecule has 11 rings (SSSR count). The van der Waals surface area contributed by atoms with E-state index in [1.54, 1.807) is 0 Å². The molecule has 0 bridgehead atoms. The number of hydrogen-bond donors (Lipinski definition) is 2. The Hall–Kier alpha value is -8.02. The predicted molar refractivity (Wildman–Crippen MR) is 248 cm³/mol. The Balaban J connectivity index is 1.03. The Morgan fingerprint density at radius 1 is 0.407 bits per heavy atom. The molecule has 2 aromatic heterocycles. The number of aliphatic imine (C=N–C) groups is 1. The van der Waals surface area contributed by atoms with Gasteiger partial charge in [-0.25, -0.2) is 4.99 Å². The molecule has 0 spiro atoms. The van der Waals surface area contributed by atoms with E-state index in [1.807, 2.05) is 60.7 Å². The van der Waals surface area contributed by atoms with Crippen molar-refractivity contribution in [3.05, 3.63) is 223 Å². The molecule has 9 aromatic carbocycles. The predicted octanol–water partition coefficient (Wildman–Crippen LogP) is 13.4. The van der Waals surface area contributed by atoms with Crippen LogP contribution in [0.3, 0.4) is 0 Å². The molecule has 0 aliphatic carbocycles. The average Bonchev–Trinajstić information content (AvgIpc) is 3.81. The summed E-state index contributed by atoms with van der Waals surface area (Å²) in [6, 6.07) is 74.3. The molecule has 0 saturated heterocycles. The summed E-state index contributed by atoms with van der Waals surface area (Å²) < 4.78 is 4.51. The molecule has 0 saturated carbocycles. The van der Waals surface area contributed by atoms with Crippen LogP contribution in [-0.4, -0.2) is 20.9 Å². The summed E-state index contributed by atoms with van der Waals surface area (Å²) in [5.74, 6) is 0.772. The fraction of sp³-hybridized carbons (Fsp3) is 0.